The van der Waals surface area contributed by atoms with Crippen LogP contribution in [0.1, 0.15) is 12.5 Å². The maximum atomic E-state index is 13.9. The zero-order valence-corrected chi connectivity index (χ0v) is 16.3. The zero-order valence-electron chi connectivity index (χ0n) is 15.4. The van der Waals surface area contributed by atoms with Gasteiger partial charge in [-0.05, 0) is 32.1 Å². The number of fused-ring (bicyclic) bond motifs is 5. The summed E-state index contributed by atoms with van der Waals surface area (Å²) in [6.07, 6.45) is 6.71. The molecular formula is C21H24O5S. The topological polar surface area (TPSA) is 61.8 Å². The highest BCUT2D eigenvalue weighted by Gasteiger charge is 2.74. The minimum atomic E-state index is -3.77. The van der Waals surface area contributed by atoms with E-state index in [9.17, 15) is 8.42 Å². The molecule has 3 heterocycles. The van der Waals surface area contributed by atoms with Gasteiger partial charge >= 0.3 is 0 Å². The normalized spacial score (nSPS) is 37.0. The first kappa shape index (κ1) is 18.5. The molecule has 0 aromatic heterocycles. The van der Waals surface area contributed by atoms with E-state index >= 15 is 0 Å². The van der Waals surface area contributed by atoms with E-state index < -0.39 is 32.9 Å². The Hall–Kier alpha value is -1.89. The van der Waals surface area contributed by atoms with Crippen LogP contribution in [-0.2, 0) is 24.0 Å². The standard InChI is InChI=1S/C21H24O5S/c1-4-16-20-17-10-11-18(26-17)21(20,19(25-16)12-13-24-5-2)27(22,23)15-8-6-14(3)7-9-15/h4,6-13,16-20H,1,5H2,2-3H3/b13-12+/t16-,17-,18+,19+,20-,21+/m0/s1. The lowest BCUT2D eigenvalue weighted by Gasteiger charge is -2.36. The molecule has 6 heteroatoms. The molecule has 6 atom stereocenters. The minimum Gasteiger partial charge on any atom is -0.502 e. The Morgan fingerprint density at radius 3 is 2.63 bits per heavy atom. The highest BCUT2D eigenvalue weighted by atomic mass is 32.2. The fraction of sp³-hybridized carbons (Fsp3) is 0.429. The molecule has 144 valence electrons. The van der Waals surface area contributed by atoms with Crippen molar-refractivity contribution in [3.05, 3.63) is 67.0 Å². The maximum absolute atomic E-state index is 13.9. The highest BCUT2D eigenvalue weighted by molar-refractivity contribution is 7.93. The van der Waals surface area contributed by atoms with E-state index in [2.05, 4.69) is 6.58 Å². The van der Waals surface area contributed by atoms with Gasteiger partial charge in [0.15, 0.2) is 9.84 Å². The Morgan fingerprint density at radius 1 is 1.22 bits per heavy atom. The molecule has 3 aliphatic rings. The molecule has 2 bridgehead atoms. The van der Waals surface area contributed by atoms with Crippen molar-refractivity contribution in [3.63, 3.8) is 0 Å². The molecule has 0 spiro atoms. The second kappa shape index (κ2) is 6.62. The first-order valence-corrected chi connectivity index (χ1v) is 10.7. The van der Waals surface area contributed by atoms with Crippen molar-refractivity contribution in [1.29, 1.82) is 0 Å². The smallest absolute Gasteiger partial charge is 0.190 e. The van der Waals surface area contributed by atoms with Crippen molar-refractivity contribution >= 4 is 9.84 Å². The number of hydrogen-bond acceptors (Lipinski definition) is 5. The minimum absolute atomic E-state index is 0.283. The van der Waals surface area contributed by atoms with Crippen LogP contribution in [0.4, 0.5) is 0 Å². The van der Waals surface area contributed by atoms with Crippen LogP contribution in [0, 0.1) is 12.8 Å². The number of benzene rings is 1. The Kier molecular flexibility index (Phi) is 4.53. The Labute approximate surface area is 160 Å². The van der Waals surface area contributed by atoms with E-state index in [0.29, 0.717) is 6.61 Å². The summed E-state index contributed by atoms with van der Waals surface area (Å²) in [5.74, 6) is -0.354. The highest BCUT2D eigenvalue weighted by Crippen LogP contribution is 2.58. The number of hydrogen-bond donors (Lipinski definition) is 0. The molecule has 0 saturated carbocycles. The summed E-state index contributed by atoms with van der Waals surface area (Å²) in [6, 6.07) is 6.95. The molecule has 3 aliphatic heterocycles. The fourth-order valence-corrected chi connectivity index (χ4v) is 6.97. The van der Waals surface area contributed by atoms with Gasteiger partial charge in [-0.2, -0.15) is 0 Å². The average Bonchev–Trinajstić information content (AvgIpc) is 3.33. The van der Waals surface area contributed by atoms with E-state index in [1.807, 2.05) is 38.1 Å². The number of aryl methyl sites for hydroxylation is 1. The summed E-state index contributed by atoms with van der Waals surface area (Å²) in [6.45, 7) is 8.16. The molecule has 0 N–H and O–H groups in total. The van der Waals surface area contributed by atoms with Crippen molar-refractivity contribution in [3.8, 4) is 0 Å². The fourth-order valence-electron chi connectivity index (χ4n) is 4.56. The lowest BCUT2D eigenvalue weighted by molar-refractivity contribution is 0.0156. The number of rotatable bonds is 6. The van der Waals surface area contributed by atoms with Crippen molar-refractivity contribution in [1.82, 2.24) is 0 Å². The Morgan fingerprint density at radius 2 is 1.96 bits per heavy atom. The molecule has 0 unspecified atom stereocenters. The van der Waals surface area contributed by atoms with Crippen LogP contribution in [0.3, 0.4) is 0 Å². The van der Waals surface area contributed by atoms with Gasteiger partial charge in [-0.15, -0.1) is 6.58 Å². The lowest BCUT2D eigenvalue weighted by Crippen LogP contribution is -2.56. The van der Waals surface area contributed by atoms with E-state index in [-0.39, 0.29) is 16.9 Å². The molecule has 5 nitrogen and oxygen atoms in total. The summed E-state index contributed by atoms with van der Waals surface area (Å²) in [7, 11) is -3.77. The molecule has 0 radical (unpaired) electrons. The number of sulfone groups is 1. The summed E-state index contributed by atoms with van der Waals surface area (Å²) < 4.78 is 44.2. The molecule has 0 aliphatic carbocycles. The SMILES string of the molecule is C=C[C@@H]1O[C@H](/C=C/OCC)[C@@]2(S(=O)(=O)c3ccc(C)cc3)[C@@H]1[C@@H]1C=C[C@H]2O1. The summed E-state index contributed by atoms with van der Waals surface area (Å²) in [5.41, 5.74) is 1.01. The van der Waals surface area contributed by atoms with Crippen LogP contribution in [-0.4, -0.2) is 44.2 Å². The van der Waals surface area contributed by atoms with Gasteiger partial charge in [0.2, 0.25) is 0 Å². The molecule has 1 aromatic carbocycles. The van der Waals surface area contributed by atoms with E-state index in [0.717, 1.165) is 5.56 Å². The summed E-state index contributed by atoms with van der Waals surface area (Å²) in [4.78, 5) is 0.283. The zero-order chi connectivity index (χ0) is 19.2. The molecule has 1 aromatic rings. The van der Waals surface area contributed by atoms with Crippen LogP contribution < -0.4 is 0 Å². The van der Waals surface area contributed by atoms with E-state index in [1.54, 1.807) is 24.3 Å². The predicted molar refractivity (Wildman–Crippen MR) is 102 cm³/mol. The average molecular weight is 388 g/mol. The van der Waals surface area contributed by atoms with E-state index in [4.69, 9.17) is 14.2 Å². The Balaban J connectivity index is 1.89. The second-order valence-electron chi connectivity index (χ2n) is 7.14. The van der Waals surface area contributed by atoms with Crippen LogP contribution in [0.25, 0.3) is 0 Å². The maximum Gasteiger partial charge on any atom is 0.190 e. The largest absolute Gasteiger partial charge is 0.502 e. The van der Waals surface area contributed by atoms with Crippen LogP contribution in [0.5, 0.6) is 0 Å². The van der Waals surface area contributed by atoms with Gasteiger partial charge in [0.25, 0.3) is 0 Å². The molecule has 2 saturated heterocycles. The molecule has 27 heavy (non-hydrogen) atoms. The van der Waals surface area contributed by atoms with Crippen molar-refractivity contribution in [2.75, 3.05) is 6.61 Å². The van der Waals surface area contributed by atoms with Crippen molar-refractivity contribution in [2.45, 2.75) is 47.9 Å². The van der Waals surface area contributed by atoms with Gasteiger partial charge in [-0.25, -0.2) is 8.42 Å². The van der Waals surface area contributed by atoms with Crippen molar-refractivity contribution < 1.29 is 22.6 Å². The van der Waals surface area contributed by atoms with Crippen LogP contribution >= 0.6 is 0 Å². The van der Waals surface area contributed by atoms with Crippen molar-refractivity contribution in [2.24, 2.45) is 5.92 Å². The van der Waals surface area contributed by atoms with Gasteiger partial charge < -0.3 is 14.2 Å². The second-order valence-corrected chi connectivity index (χ2v) is 9.33. The first-order chi connectivity index (χ1) is 13.0. The van der Waals surface area contributed by atoms with Gasteiger partial charge in [-0.3, -0.25) is 0 Å². The van der Waals surface area contributed by atoms with E-state index in [1.165, 1.54) is 6.26 Å². The first-order valence-electron chi connectivity index (χ1n) is 9.18. The molecule has 4 rings (SSSR count). The third kappa shape index (κ3) is 2.47. The molecule has 0 amide bonds. The third-order valence-electron chi connectivity index (χ3n) is 5.75. The molecular weight excluding hydrogens is 364 g/mol. The molecule has 2 fully saturated rings. The van der Waals surface area contributed by atoms with Gasteiger partial charge in [0.05, 0.1) is 36.1 Å². The summed E-state index contributed by atoms with van der Waals surface area (Å²) in [5, 5.41) is 0. The van der Waals surface area contributed by atoms with Gasteiger partial charge in [0.1, 0.15) is 10.9 Å². The Bertz CT molecular complexity index is 886. The third-order valence-corrected chi connectivity index (χ3v) is 8.31. The lowest BCUT2D eigenvalue weighted by atomic mass is 9.78. The van der Waals surface area contributed by atoms with Crippen LogP contribution in [0.2, 0.25) is 0 Å². The van der Waals surface area contributed by atoms with Gasteiger partial charge in [0, 0.05) is 5.92 Å². The van der Waals surface area contributed by atoms with Crippen LogP contribution in [0.15, 0.2) is 66.3 Å². The number of ether oxygens (including phenoxy) is 3. The quantitative estimate of drug-likeness (QED) is 0.554. The predicted octanol–water partition coefficient (Wildman–Crippen LogP) is 2.96. The van der Waals surface area contributed by atoms with Gasteiger partial charge in [-0.1, -0.05) is 35.9 Å². The summed E-state index contributed by atoms with van der Waals surface area (Å²) >= 11 is 0. The monoisotopic (exact) mass is 388 g/mol.